The fraction of sp³-hybridized carbons (Fsp3) is 0.391. The molecule has 0 bridgehead atoms. The highest BCUT2D eigenvalue weighted by Crippen LogP contribution is 2.29. The Balaban J connectivity index is 1.44. The number of nitrogens with zero attached hydrogens (tertiary/aromatic N) is 3. The van der Waals surface area contributed by atoms with E-state index >= 15 is 0 Å². The Morgan fingerprint density at radius 1 is 1.28 bits per heavy atom. The summed E-state index contributed by atoms with van der Waals surface area (Å²) < 4.78 is 7.92. The SMILES string of the molecule is Cc1ccc2nc(COc3cccc(C(=O)N4CCC(N)C(C)(C)C4)c3)cn2c1. The van der Waals surface area contributed by atoms with Crippen molar-refractivity contribution in [3.05, 3.63) is 65.6 Å². The number of imidazole rings is 1. The van der Waals surface area contributed by atoms with Crippen LogP contribution in [0.5, 0.6) is 5.75 Å². The summed E-state index contributed by atoms with van der Waals surface area (Å²) in [7, 11) is 0. The summed E-state index contributed by atoms with van der Waals surface area (Å²) in [6.07, 6.45) is 4.83. The highest BCUT2D eigenvalue weighted by molar-refractivity contribution is 5.94. The van der Waals surface area contributed by atoms with Gasteiger partial charge in [0.2, 0.25) is 0 Å². The van der Waals surface area contributed by atoms with Crippen molar-refractivity contribution in [1.29, 1.82) is 0 Å². The number of fused-ring (bicyclic) bond motifs is 1. The topological polar surface area (TPSA) is 72.9 Å². The summed E-state index contributed by atoms with van der Waals surface area (Å²) in [5.74, 6) is 0.690. The first-order valence-corrected chi connectivity index (χ1v) is 10.0. The van der Waals surface area contributed by atoms with Gasteiger partial charge < -0.3 is 19.8 Å². The molecular weight excluding hydrogens is 364 g/mol. The van der Waals surface area contributed by atoms with Crippen molar-refractivity contribution in [3.8, 4) is 5.75 Å². The lowest BCUT2D eigenvalue weighted by Gasteiger charge is -2.42. The summed E-state index contributed by atoms with van der Waals surface area (Å²) in [6, 6.07) is 11.5. The average molecular weight is 393 g/mol. The Labute approximate surface area is 171 Å². The molecule has 0 saturated carbocycles. The van der Waals surface area contributed by atoms with Crippen LogP contribution in [0.2, 0.25) is 0 Å². The van der Waals surface area contributed by atoms with Crippen molar-refractivity contribution in [2.45, 2.75) is 39.8 Å². The van der Waals surface area contributed by atoms with Crippen molar-refractivity contribution in [2.75, 3.05) is 13.1 Å². The molecule has 1 saturated heterocycles. The lowest BCUT2D eigenvalue weighted by atomic mass is 9.79. The average Bonchev–Trinajstić information content (AvgIpc) is 3.10. The van der Waals surface area contributed by atoms with E-state index in [4.69, 9.17) is 10.5 Å². The molecule has 1 amide bonds. The third-order valence-electron chi connectivity index (χ3n) is 5.72. The van der Waals surface area contributed by atoms with E-state index in [0.29, 0.717) is 31.0 Å². The number of amides is 1. The molecule has 1 aliphatic heterocycles. The number of rotatable bonds is 4. The van der Waals surface area contributed by atoms with Crippen LogP contribution < -0.4 is 10.5 Å². The van der Waals surface area contributed by atoms with Gasteiger partial charge in [0.1, 0.15) is 18.0 Å². The largest absolute Gasteiger partial charge is 0.487 e. The number of benzene rings is 1. The minimum absolute atomic E-state index is 0.0265. The summed E-state index contributed by atoms with van der Waals surface area (Å²) >= 11 is 0. The molecule has 0 radical (unpaired) electrons. The zero-order chi connectivity index (χ0) is 20.6. The molecular formula is C23H28N4O2. The van der Waals surface area contributed by atoms with Crippen molar-refractivity contribution >= 4 is 11.6 Å². The molecule has 0 spiro atoms. The third kappa shape index (κ3) is 4.12. The minimum atomic E-state index is -0.0799. The van der Waals surface area contributed by atoms with Gasteiger partial charge in [-0.3, -0.25) is 4.79 Å². The van der Waals surface area contributed by atoms with E-state index in [-0.39, 0.29) is 17.4 Å². The fourth-order valence-electron chi connectivity index (χ4n) is 3.83. The number of aryl methyl sites for hydroxylation is 1. The first-order valence-electron chi connectivity index (χ1n) is 10.0. The monoisotopic (exact) mass is 392 g/mol. The molecule has 6 heteroatoms. The molecule has 29 heavy (non-hydrogen) atoms. The van der Waals surface area contributed by atoms with Crippen LogP contribution in [0.1, 0.15) is 41.9 Å². The fourth-order valence-corrected chi connectivity index (χ4v) is 3.83. The Hall–Kier alpha value is -2.86. The standard InChI is InChI=1S/C23H28N4O2/c1-16-7-8-21-25-18(13-27(21)12-16)14-29-19-6-4-5-17(11-19)22(28)26-10-9-20(24)23(2,3)15-26/h4-8,11-13,20H,9-10,14-15,24H2,1-3H3. The van der Waals surface area contributed by atoms with Gasteiger partial charge in [-0.15, -0.1) is 0 Å². The number of ether oxygens (including phenoxy) is 1. The number of nitrogens with two attached hydrogens (primary N) is 1. The van der Waals surface area contributed by atoms with Crippen LogP contribution in [0, 0.1) is 12.3 Å². The molecule has 4 rings (SSSR count). The minimum Gasteiger partial charge on any atom is -0.487 e. The Kier molecular flexibility index (Phi) is 5.04. The van der Waals surface area contributed by atoms with Crippen molar-refractivity contribution in [3.63, 3.8) is 0 Å². The first kappa shape index (κ1) is 19.5. The van der Waals surface area contributed by atoms with Crippen LogP contribution in [0.4, 0.5) is 0 Å². The first-order chi connectivity index (χ1) is 13.8. The Bertz CT molecular complexity index is 1040. The van der Waals surface area contributed by atoms with E-state index in [1.807, 2.05) is 58.1 Å². The van der Waals surface area contributed by atoms with Gasteiger partial charge >= 0.3 is 0 Å². The molecule has 152 valence electrons. The van der Waals surface area contributed by atoms with Crippen molar-refractivity contribution in [1.82, 2.24) is 14.3 Å². The Morgan fingerprint density at radius 3 is 2.90 bits per heavy atom. The van der Waals surface area contributed by atoms with Crippen molar-refractivity contribution < 1.29 is 9.53 Å². The number of hydrogen-bond acceptors (Lipinski definition) is 4. The van der Waals surface area contributed by atoms with Gasteiger partial charge in [-0.05, 0) is 48.6 Å². The summed E-state index contributed by atoms with van der Waals surface area (Å²) in [4.78, 5) is 19.5. The number of carbonyl (C=O) groups excluding carboxylic acids is 1. The van der Waals surface area contributed by atoms with Crippen LogP contribution in [0.15, 0.2) is 48.8 Å². The molecule has 2 N–H and O–H groups in total. The van der Waals surface area contributed by atoms with Crippen molar-refractivity contribution in [2.24, 2.45) is 11.1 Å². The predicted molar refractivity (Wildman–Crippen MR) is 113 cm³/mol. The number of hydrogen-bond donors (Lipinski definition) is 1. The zero-order valence-electron chi connectivity index (χ0n) is 17.3. The van der Waals surface area contributed by atoms with Crippen LogP contribution >= 0.6 is 0 Å². The van der Waals surface area contributed by atoms with E-state index < -0.39 is 0 Å². The van der Waals surface area contributed by atoms with E-state index in [0.717, 1.165) is 17.8 Å². The molecule has 6 nitrogen and oxygen atoms in total. The van der Waals surface area contributed by atoms with Crippen LogP contribution in [-0.4, -0.2) is 39.3 Å². The second-order valence-electron chi connectivity index (χ2n) is 8.63. The normalized spacial score (nSPS) is 18.8. The van der Waals surface area contributed by atoms with Crippen LogP contribution in [-0.2, 0) is 6.61 Å². The second kappa shape index (κ2) is 7.52. The number of aromatic nitrogens is 2. The van der Waals surface area contributed by atoms with Gasteiger partial charge in [-0.2, -0.15) is 0 Å². The number of pyridine rings is 1. The maximum absolute atomic E-state index is 13.0. The molecule has 3 aromatic rings. The highest BCUT2D eigenvalue weighted by Gasteiger charge is 2.35. The number of piperidine rings is 1. The van der Waals surface area contributed by atoms with Gasteiger partial charge in [-0.25, -0.2) is 4.98 Å². The number of likely N-dealkylation sites (tertiary alicyclic amines) is 1. The number of carbonyl (C=O) groups is 1. The summed E-state index contributed by atoms with van der Waals surface area (Å²) in [5.41, 5.74) is 9.68. The summed E-state index contributed by atoms with van der Waals surface area (Å²) in [5, 5.41) is 0. The molecule has 1 aromatic carbocycles. The maximum Gasteiger partial charge on any atom is 0.254 e. The van der Waals surface area contributed by atoms with Crippen LogP contribution in [0.3, 0.4) is 0 Å². The van der Waals surface area contributed by atoms with E-state index in [1.165, 1.54) is 5.56 Å². The molecule has 3 heterocycles. The van der Waals surface area contributed by atoms with Gasteiger partial charge in [0.15, 0.2) is 0 Å². The molecule has 1 aliphatic rings. The van der Waals surface area contributed by atoms with E-state index in [2.05, 4.69) is 25.8 Å². The predicted octanol–water partition coefficient (Wildman–Crippen LogP) is 3.42. The maximum atomic E-state index is 13.0. The molecule has 1 atom stereocenters. The molecule has 1 fully saturated rings. The highest BCUT2D eigenvalue weighted by atomic mass is 16.5. The quantitative estimate of drug-likeness (QED) is 0.738. The lowest BCUT2D eigenvalue weighted by Crippen LogP contribution is -2.53. The lowest BCUT2D eigenvalue weighted by molar-refractivity contribution is 0.0532. The van der Waals surface area contributed by atoms with E-state index in [1.54, 1.807) is 0 Å². The third-order valence-corrected chi connectivity index (χ3v) is 5.72. The Morgan fingerprint density at radius 2 is 2.10 bits per heavy atom. The molecule has 1 unspecified atom stereocenters. The van der Waals surface area contributed by atoms with Gasteiger partial charge in [-0.1, -0.05) is 26.0 Å². The zero-order valence-corrected chi connectivity index (χ0v) is 17.3. The van der Waals surface area contributed by atoms with E-state index in [9.17, 15) is 4.79 Å². The smallest absolute Gasteiger partial charge is 0.254 e. The molecule has 2 aromatic heterocycles. The van der Waals surface area contributed by atoms with Gasteiger partial charge in [0, 0.05) is 37.1 Å². The van der Waals surface area contributed by atoms with Gasteiger partial charge in [0.25, 0.3) is 5.91 Å². The second-order valence-corrected chi connectivity index (χ2v) is 8.63. The van der Waals surface area contributed by atoms with Crippen LogP contribution in [0.25, 0.3) is 5.65 Å². The summed E-state index contributed by atoms with van der Waals surface area (Å²) in [6.45, 7) is 7.99. The van der Waals surface area contributed by atoms with Gasteiger partial charge in [0.05, 0.1) is 5.69 Å². The molecule has 0 aliphatic carbocycles.